The Morgan fingerprint density at radius 1 is 1.38 bits per heavy atom. The molecule has 3 nitrogen and oxygen atoms in total. The van der Waals surface area contributed by atoms with Crippen molar-refractivity contribution in [1.82, 2.24) is 5.32 Å². The summed E-state index contributed by atoms with van der Waals surface area (Å²) in [5.41, 5.74) is 6.02. The average Bonchev–Trinajstić information content (AvgIpc) is 3.27. The van der Waals surface area contributed by atoms with Crippen molar-refractivity contribution in [2.45, 2.75) is 44.6 Å². The zero-order chi connectivity index (χ0) is 15.6. The molecule has 1 amide bonds. The minimum absolute atomic E-state index is 0.125. The van der Waals surface area contributed by atoms with Gasteiger partial charge in [0.15, 0.2) is 11.6 Å². The summed E-state index contributed by atoms with van der Waals surface area (Å²) in [5, 5.41) is 2.84. The van der Waals surface area contributed by atoms with Crippen LogP contribution in [0.3, 0.4) is 0 Å². The van der Waals surface area contributed by atoms with E-state index in [0.717, 1.165) is 18.9 Å². The summed E-state index contributed by atoms with van der Waals surface area (Å²) in [7, 11) is 0. The molecule has 1 saturated carbocycles. The van der Waals surface area contributed by atoms with E-state index in [1.54, 1.807) is 6.07 Å². The maximum Gasteiger partial charge on any atom is 0.223 e. The molecule has 1 fully saturated rings. The number of carbonyl (C=O) groups is 1. The van der Waals surface area contributed by atoms with E-state index in [4.69, 9.17) is 5.73 Å². The molecule has 0 aromatic heterocycles. The Kier molecular flexibility index (Phi) is 4.61. The number of benzene rings is 1. The number of hydrogen-bond acceptors (Lipinski definition) is 2. The van der Waals surface area contributed by atoms with Crippen LogP contribution in [0.4, 0.5) is 8.78 Å². The van der Waals surface area contributed by atoms with Gasteiger partial charge in [0.25, 0.3) is 0 Å². The third-order valence-electron chi connectivity index (χ3n) is 4.53. The highest BCUT2D eigenvalue weighted by atomic mass is 19.2. The average molecular weight is 296 g/mol. The topological polar surface area (TPSA) is 55.1 Å². The molecule has 3 N–H and O–H groups in total. The molecular formula is C16H22F2N2O. The number of rotatable bonds is 6. The molecule has 1 aromatic carbocycles. The van der Waals surface area contributed by atoms with Gasteiger partial charge in [0.2, 0.25) is 5.91 Å². The molecule has 1 aliphatic carbocycles. The fraction of sp³-hybridized carbons (Fsp3) is 0.562. The Hall–Kier alpha value is -1.49. The van der Waals surface area contributed by atoms with Gasteiger partial charge in [-0.1, -0.05) is 26.0 Å². The third kappa shape index (κ3) is 3.40. The molecule has 0 aliphatic heterocycles. The Balaban J connectivity index is 1.94. The van der Waals surface area contributed by atoms with E-state index in [1.165, 1.54) is 6.07 Å². The van der Waals surface area contributed by atoms with E-state index in [1.807, 2.05) is 13.8 Å². The molecule has 0 radical (unpaired) electrons. The van der Waals surface area contributed by atoms with Crippen LogP contribution in [0.5, 0.6) is 0 Å². The Bertz CT molecular complexity index is 529. The minimum atomic E-state index is -0.864. The van der Waals surface area contributed by atoms with E-state index >= 15 is 0 Å². The first-order chi connectivity index (χ1) is 9.91. The van der Waals surface area contributed by atoms with Gasteiger partial charge in [-0.05, 0) is 36.8 Å². The maximum atomic E-state index is 13.7. The second-order valence-electron chi connectivity index (χ2n) is 5.88. The SMILES string of the molecule is CCC(N)(CC)CNC(=O)C1CC1c1cccc(F)c1F. The van der Waals surface area contributed by atoms with E-state index < -0.39 is 17.2 Å². The molecule has 2 unspecified atom stereocenters. The van der Waals surface area contributed by atoms with Crippen LogP contribution >= 0.6 is 0 Å². The summed E-state index contributed by atoms with van der Waals surface area (Å²) < 4.78 is 26.9. The first kappa shape index (κ1) is 15.9. The van der Waals surface area contributed by atoms with Crippen LogP contribution in [-0.2, 0) is 4.79 Å². The molecular weight excluding hydrogens is 274 g/mol. The van der Waals surface area contributed by atoms with Crippen molar-refractivity contribution in [2.24, 2.45) is 11.7 Å². The predicted octanol–water partition coefficient (Wildman–Crippen LogP) is 2.70. The summed E-state index contributed by atoms with van der Waals surface area (Å²) >= 11 is 0. The summed E-state index contributed by atoms with van der Waals surface area (Å²) in [6, 6.07) is 4.10. The fourth-order valence-corrected chi connectivity index (χ4v) is 2.53. The summed E-state index contributed by atoms with van der Waals surface area (Å²) in [5.74, 6) is -2.33. The van der Waals surface area contributed by atoms with Gasteiger partial charge in [0.1, 0.15) is 0 Å². The highest BCUT2D eigenvalue weighted by Gasteiger charge is 2.45. The minimum Gasteiger partial charge on any atom is -0.354 e. The molecule has 5 heteroatoms. The Morgan fingerprint density at radius 2 is 2.05 bits per heavy atom. The third-order valence-corrected chi connectivity index (χ3v) is 4.53. The molecule has 0 heterocycles. The van der Waals surface area contributed by atoms with Crippen LogP contribution in [0.15, 0.2) is 18.2 Å². The quantitative estimate of drug-likeness (QED) is 0.848. The van der Waals surface area contributed by atoms with Gasteiger partial charge in [-0.25, -0.2) is 8.78 Å². The lowest BCUT2D eigenvalue weighted by atomic mass is 9.94. The molecule has 2 rings (SSSR count). The van der Waals surface area contributed by atoms with Crippen molar-refractivity contribution >= 4 is 5.91 Å². The van der Waals surface area contributed by atoms with Crippen LogP contribution in [0.25, 0.3) is 0 Å². The number of nitrogens with two attached hydrogens (primary N) is 1. The standard InChI is InChI=1S/C16H22F2N2O/c1-3-16(19,4-2)9-20-15(21)12-8-11(12)10-6-5-7-13(17)14(10)18/h5-7,11-12H,3-4,8-9,19H2,1-2H3,(H,20,21). The smallest absolute Gasteiger partial charge is 0.223 e. The van der Waals surface area contributed by atoms with Crippen LogP contribution < -0.4 is 11.1 Å². The first-order valence-electron chi connectivity index (χ1n) is 7.42. The molecule has 21 heavy (non-hydrogen) atoms. The summed E-state index contributed by atoms with van der Waals surface area (Å²) in [6.07, 6.45) is 2.11. The largest absolute Gasteiger partial charge is 0.354 e. The van der Waals surface area contributed by atoms with Gasteiger partial charge in [0, 0.05) is 18.0 Å². The lowest BCUT2D eigenvalue weighted by Crippen LogP contribution is -2.49. The molecule has 116 valence electrons. The van der Waals surface area contributed by atoms with E-state index in [0.29, 0.717) is 18.5 Å². The highest BCUT2D eigenvalue weighted by Crippen LogP contribution is 2.48. The van der Waals surface area contributed by atoms with Crippen molar-refractivity contribution in [3.05, 3.63) is 35.4 Å². The molecule has 0 saturated heterocycles. The molecule has 1 aromatic rings. The zero-order valence-corrected chi connectivity index (χ0v) is 12.5. The molecule has 2 atom stereocenters. The second-order valence-corrected chi connectivity index (χ2v) is 5.88. The van der Waals surface area contributed by atoms with E-state index in [9.17, 15) is 13.6 Å². The molecule has 1 aliphatic rings. The van der Waals surface area contributed by atoms with Crippen LogP contribution in [0.2, 0.25) is 0 Å². The van der Waals surface area contributed by atoms with Crippen molar-refractivity contribution in [3.63, 3.8) is 0 Å². The second kappa shape index (κ2) is 6.10. The van der Waals surface area contributed by atoms with Crippen LogP contribution in [0.1, 0.15) is 44.6 Å². The Labute approximate surface area is 123 Å². The van der Waals surface area contributed by atoms with E-state index in [-0.39, 0.29) is 17.7 Å². The van der Waals surface area contributed by atoms with Gasteiger partial charge in [0.05, 0.1) is 0 Å². The van der Waals surface area contributed by atoms with Crippen LogP contribution in [-0.4, -0.2) is 18.0 Å². The summed E-state index contributed by atoms with van der Waals surface area (Å²) in [4.78, 5) is 12.1. The predicted molar refractivity (Wildman–Crippen MR) is 77.7 cm³/mol. The van der Waals surface area contributed by atoms with Crippen LogP contribution in [0, 0.1) is 17.6 Å². The number of amides is 1. The normalized spacial score (nSPS) is 21.2. The monoisotopic (exact) mass is 296 g/mol. The number of halogens is 2. The van der Waals surface area contributed by atoms with Gasteiger partial charge >= 0.3 is 0 Å². The van der Waals surface area contributed by atoms with Crippen molar-refractivity contribution in [2.75, 3.05) is 6.54 Å². The van der Waals surface area contributed by atoms with Gasteiger partial charge in [-0.15, -0.1) is 0 Å². The Morgan fingerprint density at radius 3 is 2.67 bits per heavy atom. The maximum absolute atomic E-state index is 13.7. The van der Waals surface area contributed by atoms with Crippen molar-refractivity contribution in [3.8, 4) is 0 Å². The zero-order valence-electron chi connectivity index (χ0n) is 12.5. The molecule has 0 spiro atoms. The van der Waals surface area contributed by atoms with Crippen molar-refractivity contribution < 1.29 is 13.6 Å². The van der Waals surface area contributed by atoms with E-state index in [2.05, 4.69) is 5.32 Å². The number of carbonyl (C=O) groups excluding carboxylic acids is 1. The van der Waals surface area contributed by atoms with Gasteiger partial charge < -0.3 is 11.1 Å². The first-order valence-corrected chi connectivity index (χ1v) is 7.42. The number of nitrogens with one attached hydrogen (secondary N) is 1. The van der Waals surface area contributed by atoms with Crippen molar-refractivity contribution in [1.29, 1.82) is 0 Å². The fourth-order valence-electron chi connectivity index (χ4n) is 2.53. The van der Waals surface area contributed by atoms with Gasteiger partial charge in [-0.2, -0.15) is 0 Å². The number of hydrogen-bond donors (Lipinski definition) is 2. The highest BCUT2D eigenvalue weighted by molar-refractivity contribution is 5.83. The lowest BCUT2D eigenvalue weighted by Gasteiger charge is -2.26. The lowest BCUT2D eigenvalue weighted by molar-refractivity contribution is -0.122. The summed E-state index contributed by atoms with van der Waals surface area (Å²) in [6.45, 7) is 4.38. The molecule has 0 bridgehead atoms. The van der Waals surface area contributed by atoms with Gasteiger partial charge in [-0.3, -0.25) is 4.79 Å².